The van der Waals surface area contributed by atoms with E-state index in [2.05, 4.69) is 11.4 Å². The van der Waals surface area contributed by atoms with Gasteiger partial charge >= 0.3 is 0 Å². The minimum Gasteiger partial charge on any atom is -0.319 e. The average molecular weight is 433 g/mol. The van der Waals surface area contributed by atoms with Gasteiger partial charge in [0.2, 0.25) is 5.91 Å². The fourth-order valence-corrected chi connectivity index (χ4v) is 4.40. The van der Waals surface area contributed by atoms with E-state index in [-0.39, 0.29) is 17.2 Å². The predicted molar refractivity (Wildman–Crippen MR) is 126 cm³/mol. The number of carbonyl (C=O) groups excluding carboxylic acids is 1. The van der Waals surface area contributed by atoms with Crippen LogP contribution in [-0.4, -0.2) is 26.0 Å². The summed E-state index contributed by atoms with van der Waals surface area (Å²) >= 11 is 1.37. The van der Waals surface area contributed by atoms with Gasteiger partial charge in [0, 0.05) is 12.4 Å². The first-order chi connectivity index (χ1) is 14.9. The zero-order chi connectivity index (χ0) is 22.1. The highest BCUT2D eigenvalue weighted by molar-refractivity contribution is 7.99. The first-order valence-electron chi connectivity index (χ1n) is 10.0. The molecule has 2 aromatic heterocycles. The third-order valence-electron chi connectivity index (χ3n) is 5.39. The van der Waals surface area contributed by atoms with Crippen LogP contribution in [0.4, 0.5) is 5.69 Å². The van der Waals surface area contributed by atoms with E-state index in [9.17, 15) is 9.59 Å². The number of nitrogens with zero attached hydrogens (tertiary/aromatic N) is 3. The number of aryl methyl sites for hydroxylation is 2. The average Bonchev–Trinajstić information content (AvgIpc) is 2.97. The van der Waals surface area contributed by atoms with E-state index >= 15 is 0 Å². The van der Waals surface area contributed by atoms with E-state index in [1.807, 2.05) is 69.3 Å². The summed E-state index contributed by atoms with van der Waals surface area (Å²) in [6, 6.07) is 17.5. The Bertz CT molecular complexity index is 1340. The third-order valence-corrected chi connectivity index (χ3v) is 6.31. The highest BCUT2D eigenvalue weighted by atomic mass is 32.2. The van der Waals surface area contributed by atoms with Crippen LogP contribution in [0.15, 0.2) is 64.4 Å². The number of nitrogens with one attached hydrogen (secondary N) is 1. The quantitative estimate of drug-likeness (QED) is 0.475. The molecule has 158 valence electrons. The fraction of sp³-hybridized carbons (Fsp3) is 0.208. The van der Waals surface area contributed by atoms with E-state index in [4.69, 9.17) is 4.98 Å². The van der Waals surface area contributed by atoms with Crippen molar-refractivity contribution in [1.29, 1.82) is 0 Å². The Morgan fingerprint density at radius 2 is 1.77 bits per heavy atom. The van der Waals surface area contributed by atoms with Crippen molar-refractivity contribution >= 4 is 34.3 Å². The van der Waals surface area contributed by atoms with Crippen molar-refractivity contribution in [3.63, 3.8) is 0 Å². The van der Waals surface area contributed by atoms with E-state index in [1.54, 1.807) is 16.4 Å². The molecule has 2 heterocycles. The van der Waals surface area contributed by atoms with Gasteiger partial charge in [0.05, 0.1) is 27.7 Å². The highest BCUT2D eigenvalue weighted by Crippen LogP contribution is 2.26. The first-order valence-corrected chi connectivity index (χ1v) is 11.0. The Balaban J connectivity index is 1.53. The molecule has 0 spiro atoms. The SMILES string of the molecule is Cc1cc(SCC(=O)Nc2c(C)n(C)n(-c3ccccc3)c2=O)nc2c(C)cccc12. The van der Waals surface area contributed by atoms with Crippen LogP contribution in [0.25, 0.3) is 16.6 Å². The van der Waals surface area contributed by atoms with Gasteiger partial charge in [0.15, 0.2) is 0 Å². The van der Waals surface area contributed by atoms with Gasteiger partial charge in [0.25, 0.3) is 5.56 Å². The molecule has 1 N–H and O–H groups in total. The van der Waals surface area contributed by atoms with Crippen molar-refractivity contribution in [3.05, 3.63) is 81.8 Å². The first kappa shape index (κ1) is 20.9. The molecule has 4 rings (SSSR count). The maximum absolute atomic E-state index is 13.0. The molecule has 0 saturated carbocycles. The van der Waals surface area contributed by atoms with Crippen LogP contribution in [0.3, 0.4) is 0 Å². The van der Waals surface area contributed by atoms with Crippen LogP contribution in [0.5, 0.6) is 0 Å². The summed E-state index contributed by atoms with van der Waals surface area (Å²) in [6.07, 6.45) is 0. The van der Waals surface area contributed by atoms with E-state index in [1.165, 1.54) is 11.8 Å². The molecule has 0 atom stereocenters. The van der Waals surface area contributed by atoms with Crippen LogP contribution in [0.2, 0.25) is 0 Å². The second-order valence-electron chi connectivity index (χ2n) is 7.52. The number of pyridine rings is 1. The van der Waals surface area contributed by atoms with Crippen molar-refractivity contribution < 1.29 is 4.79 Å². The summed E-state index contributed by atoms with van der Waals surface area (Å²) in [6.45, 7) is 5.90. The molecule has 2 aromatic carbocycles. The minimum atomic E-state index is -0.250. The van der Waals surface area contributed by atoms with Gasteiger partial charge in [-0.2, -0.15) is 0 Å². The maximum Gasteiger partial charge on any atom is 0.295 e. The number of thioether (sulfide) groups is 1. The summed E-state index contributed by atoms with van der Waals surface area (Å²) in [4.78, 5) is 30.3. The molecule has 0 aliphatic carbocycles. The molecular weight excluding hydrogens is 408 g/mol. The van der Waals surface area contributed by atoms with Crippen LogP contribution < -0.4 is 10.9 Å². The van der Waals surface area contributed by atoms with Gasteiger partial charge in [-0.15, -0.1) is 0 Å². The normalized spacial score (nSPS) is 11.1. The van der Waals surface area contributed by atoms with Crippen LogP contribution in [0, 0.1) is 20.8 Å². The lowest BCUT2D eigenvalue weighted by Gasteiger charge is -2.08. The summed E-state index contributed by atoms with van der Waals surface area (Å²) in [5, 5.41) is 4.71. The molecule has 0 saturated heterocycles. The van der Waals surface area contributed by atoms with Gasteiger partial charge in [-0.05, 0) is 50.1 Å². The number of benzene rings is 2. The van der Waals surface area contributed by atoms with Gasteiger partial charge < -0.3 is 5.32 Å². The second-order valence-corrected chi connectivity index (χ2v) is 8.52. The Morgan fingerprint density at radius 1 is 1.03 bits per heavy atom. The summed E-state index contributed by atoms with van der Waals surface area (Å²) < 4.78 is 3.30. The number of anilines is 1. The summed E-state index contributed by atoms with van der Waals surface area (Å²) in [5.41, 5.74) is 4.68. The number of amides is 1. The van der Waals surface area contributed by atoms with Crippen molar-refractivity contribution in [1.82, 2.24) is 14.3 Å². The predicted octanol–water partition coefficient (Wildman–Crippen LogP) is 4.38. The maximum atomic E-state index is 13.0. The lowest BCUT2D eigenvalue weighted by molar-refractivity contribution is -0.113. The molecule has 0 aliphatic rings. The van der Waals surface area contributed by atoms with Crippen LogP contribution >= 0.6 is 11.8 Å². The zero-order valence-corrected chi connectivity index (χ0v) is 18.8. The van der Waals surface area contributed by atoms with Crippen molar-refractivity contribution in [2.75, 3.05) is 11.1 Å². The molecule has 4 aromatic rings. The second kappa shape index (κ2) is 8.43. The van der Waals surface area contributed by atoms with E-state index < -0.39 is 0 Å². The largest absolute Gasteiger partial charge is 0.319 e. The monoisotopic (exact) mass is 432 g/mol. The highest BCUT2D eigenvalue weighted by Gasteiger charge is 2.18. The molecule has 0 fully saturated rings. The number of carbonyl (C=O) groups is 1. The number of hydrogen-bond acceptors (Lipinski definition) is 4. The van der Waals surface area contributed by atoms with E-state index in [0.29, 0.717) is 11.4 Å². The Labute approximate surface area is 184 Å². The Kier molecular flexibility index (Phi) is 5.69. The van der Waals surface area contributed by atoms with Crippen molar-refractivity contribution in [3.8, 4) is 5.69 Å². The third kappa shape index (κ3) is 4.01. The van der Waals surface area contributed by atoms with Gasteiger partial charge in [0.1, 0.15) is 5.69 Å². The molecule has 0 unspecified atom stereocenters. The standard InChI is InChI=1S/C24H24N4O2S/c1-15-9-8-12-19-16(2)13-21(26-22(15)19)31-14-20(29)25-23-17(3)27(4)28(24(23)30)18-10-6-5-7-11-18/h5-13H,14H2,1-4H3,(H,25,29). The van der Waals surface area contributed by atoms with E-state index in [0.717, 1.165) is 32.7 Å². The van der Waals surface area contributed by atoms with Crippen molar-refractivity contribution in [2.24, 2.45) is 7.05 Å². The molecule has 0 bridgehead atoms. The zero-order valence-electron chi connectivity index (χ0n) is 18.0. The number of fused-ring (bicyclic) bond motifs is 1. The van der Waals surface area contributed by atoms with Crippen LogP contribution in [0.1, 0.15) is 16.8 Å². The fourth-order valence-electron chi connectivity index (χ4n) is 3.63. The molecule has 31 heavy (non-hydrogen) atoms. The minimum absolute atomic E-state index is 0.170. The van der Waals surface area contributed by atoms with Crippen LogP contribution in [-0.2, 0) is 11.8 Å². The summed E-state index contributed by atoms with van der Waals surface area (Å²) in [7, 11) is 1.80. The number of aromatic nitrogens is 3. The van der Waals surface area contributed by atoms with Crippen molar-refractivity contribution in [2.45, 2.75) is 25.8 Å². The topological polar surface area (TPSA) is 68.9 Å². The Morgan fingerprint density at radius 3 is 2.52 bits per heavy atom. The molecule has 0 radical (unpaired) electrons. The number of para-hydroxylation sites is 2. The molecule has 7 heteroatoms. The summed E-state index contributed by atoms with van der Waals surface area (Å²) in [5.74, 6) is -0.0662. The Hall–Kier alpha value is -3.32. The van der Waals surface area contributed by atoms with Gasteiger partial charge in [-0.3, -0.25) is 14.3 Å². The molecule has 1 amide bonds. The number of hydrogen-bond donors (Lipinski definition) is 1. The molecule has 0 aliphatic heterocycles. The van der Waals surface area contributed by atoms with Gasteiger partial charge in [-0.1, -0.05) is 48.2 Å². The molecular formula is C24H24N4O2S. The number of rotatable bonds is 5. The lowest BCUT2D eigenvalue weighted by Crippen LogP contribution is -2.23. The lowest BCUT2D eigenvalue weighted by atomic mass is 10.1. The smallest absolute Gasteiger partial charge is 0.295 e. The van der Waals surface area contributed by atoms with Gasteiger partial charge in [-0.25, -0.2) is 9.67 Å². The molecule has 6 nitrogen and oxygen atoms in total.